The fraction of sp³-hybridized carbons (Fsp3) is 0.381. The molecular weight excluding hydrogens is 342 g/mol. The Hall–Kier alpha value is -2.11. The summed E-state index contributed by atoms with van der Waals surface area (Å²) in [6, 6.07) is 16.9. The zero-order valence-electron chi connectivity index (χ0n) is 16.3. The Kier molecular flexibility index (Phi) is 7.42. The van der Waals surface area contributed by atoms with Crippen molar-refractivity contribution in [2.45, 2.75) is 25.8 Å². The van der Waals surface area contributed by atoms with Crippen LogP contribution < -0.4 is 20.3 Å². The summed E-state index contributed by atoms with van der Waals surface area (Å²) in [5.74, 6) is 1.40. The SMILES string of the molecule is COc1cccc([C@H](CNC(=S)Nc2ccc(C(C)C)cc2)[NH+](C)C)c1. The summed E-state index contributed by atoms with van der Waals surface area (Å²) >= 11 is 5.47. The van der Waals surface area contributed by atoms with E-state index in [4.69, 9.17) is 17.0 Å². The molecule has 0 radical (unpaired) electrons. The molecule has 0 spiro atoms. The topological polar surface area (TPSA) is 37.7 Å². The molecular formula is C21H30N3OS+. The number of hydrogen-bond donors (Lipinski definition) is 3. The fourth-order valence-electron chi connectivity index (χ4n) is 2.83. The zero-order valence-corrected chi connectivity index (χ0v) is 17.1. The van der Waals surface area contributed by atoms with Crippen molar-refractivity contribution in [1.29, 1.82) is 0 Å². The van der Waals surface area contributed by atoms with E-state index in [1.165, 1.54) is 16.0 Å². The van der Waals surface area contributed by atoms with Crippen LogP contribution in [-0.2, 0) is 0 Å². The van der Waals surface area contributed by atoms with Gasteiger partial charge in [0.1, 0.15) is 11.8 Å². The standard InChI is InChI=1S/C21H29N3OS/c1-15(2)16-9-11-18(12-10-16)23-21(26)22-14-20(24(3)4)17-7-6-8-19(13-17)25-5/h6-13,15,20H,14H2,1-5H3,(H2,22,23,26)/p+1/t20-/m0/s1. The minimum Gasteiger partial charge on any atom is -0.497 e. The number of ether oxygens (including phenoxy) is 1. The van der Waals surface area contributed by atoms with Crippen LogP contribution in [0.1, 0.15) is 36.9 Å². The maximum absolute atomic E-state index is 5.47. The molecule has 26 heavy (non-hydrogen) atoms. The van der Waals surface area contributed by atoms with Crippen LogP contribution >= 0.6 is 12.2 Å². The van der Waals surface area contributed by atoms with Gasteiger partial charge in [0, 0.05) is 11.3 Å². The van der Waals surface area contributed by atoms with Gasteiger partial charge in [-0.05, 0) is 48.0 Å². The second kappa shape index (κ2) is 9.55. The third-order valence-corrected chi connectivity index (χ3v) is 4.74. The van der Waals surface area contributed by atoms with E-state index >= 15 is 0 Å². The number of hydrogen-bond acceptors (Lipinski definition) is 2. The Balaban J connectivity index is 1.96. The number of methoxy groups -OCH3 is 1. The Bertz CT molecular complexity index is 713. The summed E-state index contributed by atoms with van der Waals surface area (Å²) in [4.78, 5) is 1.33. The minimum absolute atomic E-state index is 0.271. The highest BCUT2D eigenvalue weighted by atomic mass is 32.1. The minimum atomic E-state index is 0.271. The van der Waals surface area contributed by atoms with E-state index in [2.05, 4.69) is 75.0 Å². The summed E-state index contributed by atoms with van der Waals surface area (Å²) in [5, 5.41) is 7.24. The number of quaternary nitrogens is 1. The fourth-order valence-corrected chi connectivity index (χ4v) is 3.04. The van der Waals surface area contributed by atoms with Gasteiger partial charge >= 0.3 is 0 Å². The molecule has 3 N–H and O–H groups in total. The van der Waals surface area contributed by atoms with Crippen molar-refractivity contribution in [3.8, 4) is 5.75 Å². The van der Waals surface area contributed by atoms with Crippen LogP contribution in [0.5, 0.6) is 5.75 Å². The Morgan fingerprint density at radius 3 is 2.35 bits per heavy atom. The number of thiocarbonyl (C=S) groups is 1. The molecule has 0 aromatic heterocycles. The van der Waals surface area contributed by atoms with E-state index in [0.717, 1.165) is 18.0 Å². The van der Waals surface area contributed by atoms with E-state index in [9.17, 15) is 0 Å². The molecule has 2 rings (SSSR count). The second-order valence-corrected chi connectivity index (χ2v) is 7.43. The second-order valence-electron chi connectivity index (χ2n) is 7.02. The predicted molar refractivity (Wildman–Crippen MR) is 113 cm³/mol. The van der Waals surface area contributed by atoms with E-state index in [1.54, 1.807) is 7.11 Å². The van der Waals surface area contributed by atoms with Gasteiger partial charge in [-0.2, -0.15) is 0 Å². The van der Waals surface area contributed by atoms with Gasteiger partial charge in [0.2, 0.25) is 0 Å². The first-order valence-corrected chi connectivity index (χ1v) is 9.40. The van der Waals surface area contributed by atoms with E-state index < -0.39 is 0 Å². The number of likely N-dealkylation sites (N-methyl/N-ethyl adjacent to an activating group) is 1. The molecule has 5 heteroatoms. The maximum Gasteiger partial charge on any atom is 0.171 e. The van der Waals surface area contributed by atoms with Gasteiger partial charge in [0.05, 0.1) is 27.7 Å². The number of benzene rings is 2. The van der Waals surface area contributed by atoms with E-state index in [-0.39, 0.29) is 6.04 Å². The molecule has 0 saturated heterocycles. The smallest absolute Gasteiger partial charge is 0.171 e. The van der Waals surface area contributed by atoms with Crippen molar-refractivity contribution >= 4 is 23.0 Å². The third-order valence-electron chi connectivity index (χ3n) is 4.50. The molecule has 4 nitrogen and oxygen atoms in total. The maximum atomic E-state index is 5.47. The quantitative estimate of drug-likeness (QED) is 0.653. The molecule has 1 atom stereocenters. The molecule has 140 valence electrons. The molecule has 0 saturated carbocycles. The highest BCUT2D eigenvalue weighted by molar-refractivity contribution is 7.80. The van der Waals surface area contributed by atoms with Crippen LogP contribution in [0, 0.1) is 0 Å². The van der Waals surface area contributed by atoms with Gasteiger partial charge in [-0.1, -0.05) is 38.1 Å². The molecule has 0 unspecified atom stereocenters. The lowest BCUT2D eigenvalue weighted by molar-refractivity contribution is -0.890. The van der Waals surface area contributed by atoms with Gasteiger partial charge in [0.15, 0.2) is 5.11 Å². The summed E-state index contributed by atoms with van der Waals surface area (Å²) < 4.78 is 5.35. The lowest BCUT2D eigenvalue weighted by Crippen LogP contribution is -3.07. The first-order valence-electron chi connectivity index (χ1n) is 8.99. The average molecular weight is 373 g/mol. The van der Waals surface area contributed by atoms with Crippen LogP contribution in [-0.4, -0.2) is 32.9 Å². The van der Waals surface area contributed by atoms with Gasteiger partial charge in [-0.25, -0.2) is 0 Å². The molecule has 0 fully saturated rings. The van der Waals surface area contributed by atoms with E-state index in [1.807, 2.05) is 12.1 Å². The van der Waals surface area contributed by atoms with Crippen LogP contribution in [0.2, 0.25) is 0 Å². The lowest BCUT2D eigenvalue weighted by atomic mass is 10.0. The first-order chi connectivity index (χ1) is 12.4. The van der Waals surface area contributed by atoms with Crippen molar-refractivity contribution in [2.75, 3.05) is 33.1 Å². The lowest BCUT2D eigenvalue weighted by Gasteiger charge is -2.23. The van der Waals surface area contributed by atoms with Crippen LogP contribution in [0.15, 0.2) is 48.5 Å². The molecule has 0 heterocycles. The van der Waals surface area contributed by atoms with Gasteiger partial charge < -0.3 is 20.3 Å². The molecule has 2 aromatic rings. The molecule has 0 aliphatic rings. The van der Waals surface area contributed by atoms with Crippen molar-refractivity contribution in [1.82, 2.24) is 5.32 Å². The molecule has 2 aromatic carbocycles. The average Bonchev–Trinajstić information content (AvgIpc) is 2.62. The molecule has 0 amide bonds. The van der Waals surface area contributed by atoms with Gasteiger partial charge in [-0.3, -0.25) is 0 Å². The van der Waals surface area contributed by atoms with Crippen LogP contribution in [0.4, 0.5) is 5.69 Å². The number of anilines is 1. The third kappa shape index (κ3) is 5.71. The van der Waals surface area contributed by atoms with Gasteiger partial charge in [0.25, 0.3) is 0 Å². The van der Waals surface area contributed by atoms with E-state index in [0.29, 0.717) is 11.0 Å². The summed E-state index contributed by atoms with van der Waals surface area (Å²) in [5.41, 5.74) is 3.55. The Labute approximate surface area is 162 Å². The largest absolute Gasteiger partial charge is 0.497 e. The summed E-state index contributed by atoms with van der Waals surface area (Å²) in [6.07, 6.45) is 0. The number of nitrogens with one attached hydrogen (secondary N) is 3. The molecule has 0 aliphatic carbocycles. The van der Waals surface area contributed by atoms with Crippen LogP contribution in [0.25, 0.3) is 0 Å². The zero-order chi connectivity index (χ0) is 19.1. The molecule has 0 aliphatic heterocycles. The van der Waals surface area contributed by atoms with Crippen molar-refractivity contribution in [2.24, 2.45) is 0 Å². The van der Waals surface area contributed by atoms with Crippen LogP contribution in [0.3, 0.4) is 0 Å². The Morgan fingerprint density at radius 1 is 1.08 bits per heavy atom. The monoisotopic (exact) mass is 372 g/mol. The first kappa shape index (κ1) is 20.2. The normalized spacial score (nSPS) is 12.1. The number of rotatable bonds is 7. The van der Waals surface area contributed by atoms with Gasteiger partial charge in [-0.15, -0.1) is 0 Å². The molecule has 0 bridgehead atoms. The summed E-state index contributed by atoms with van der Waals surface area (Å²) in [7, 11) is 5.98. The highest BCUT2D eigenvalue weighted by Crippen LogP contribution is 2.18. The van der Waals surface area contributed by atoms with Crippen molar-refractivity contribution in [3.63, 3.8) is 0 Å². The summed E-state index contributed by atoms with van der Waals surface area (Å²) in [6.45, 7) is 5.12. The predicted octanol–water partition coefficient (Wildman–Crippen LogP) is 2.99. The van der Waals surface area contributed by atoms with Crippen molar-refractivity contribution in [3.05, 3.63) is 59.7 Å². The van der Waals surface area contributed by atoms with Crippen molar-refractivity contribution < 1.29 is 9.64 Å². The highest BCUT2D eigenvalue weighted by Gasteiger charge is 2.18. The Morgan fingerprint density at radius 2 is 1.77 bits per heavy atom.